The van der Waals surface area contributed by atoms with Gasteiger partial charge in [0.15, 0.2) is 0 Å². The molecule has 0 aliphatic carbocycles. The number of hydrogen-bond acceptors (Lipinski definition) is 7. The first-order valence-electron chi connectivity index (χ1n) is 10.9. The van der Waals surface area contributed by atoms with E-state index in [1.54, 1.807) is 6.20 Å². The van der Waals surface area contributed by atoms with Crippen molar-refractivity contribution >= 4 is 45.2 Å². The van der Waals surface area contributed by atoms with E-state index in [4.69, 9.17) is 23.1 Å². The number of halogens is 1. The lowest BCUT2D eigenvalue weighted by molar-refractivity contribution is 0.684. The minimum atomic E-state index is 0.469. The quantitative estimate of drug-likeness (QED) is 0.339. The Morgan fingerprint density at radius 1 is 1.03 bits per heavy atom. The van der Waals surface area contributed by atoms with E-state index in [2.05, 4.69) is 48.1 Å². The van der Waals surface area contributed by atoms with Gasteiger partial charge in [-0.3, -0.25) is 4.98 Å². The lowest BCUT2D eigenvalue weighted by atomic mass is 10.1. The molecule has 0 fully saturated rings. The van der Waals surface area contributed by atoms with Gasteiger partial charge in [-0.1, -0.05) is 17.7 Å². The smallest absolute Gasteiger partial charge is 0.146 e. The molecule has 0 radical (unpaired) electrons. The van der Waals surface area contributed by atoms with Crippen LogP contribution in [0, 0.1) is 13.8 Å². The van der Waals surface area contributed by atoms with Crippen LogP contribution in [0.2, 0.25) is 5.02 Å². The van der Waals surface area contributed by atoms with Gasteiger partial charge in [-0.15, -0.1) is 0 Å². The second-order valence-corrected chi connectivity index (χ2v) is 8.89. The van der Waals surface area contributed by atoms with Crippen LogP contribution in [0.4, 0.5) is 11.6 Å². The second-order valence-electron chi connectivity index (χ2n) is 8.45. The Morgan fingerprint density at radius 2 is 1.88 bits per heavy atom. The fourth-order valence-corrected chi connectivity index (χ4v) is 4.58. The molecule has 0 spiro atoms. The monoisotopic (exact) mass is 472 g/mol. The Balaban J connectivity index is 1.43. The number of benzene rings is 1. The number of nitrogens with one attached hydrogen (secondary N) is 1. The normalized spacial score (nSPS) is 11.5. The molecular formula is C25H25ClN8. The summed E-state index contributed by atoms with van der Waals surface area (Å²) in [4.78, 5) is 17.5. The van der Waals surface area contributed by atoms with Gasteiger partial charge in [-0.05, 0) is 60.4 Å². The van der Waals surface area contributed by atoms with Crippen molar-refractivity contribution in [3.05, 3.63) is 82.0 Å². The molecule has 0 unspecified atom stereocenters. The van der Waals surface area contributed by atoms with Gasteiger partial charge in [0.2, 0.25) is 0 Å². The van der Waals surface area contributed by atoms with Crippen LogP contribution in [0.25, 0.3) is 21.9 Å². The molecule has 0 bridgehead atoms. The molecule has 0 atom stereocenters. The molecule has 5 aromatic rings. The average Bonchev–Trinajstić information content (AvgIpc) is 3.13. The topological polar surface area (TPSA) is 121 Å². The van der Waals surface area contributed by atoms with Gasteiger partial charge in [-0.25, -0.2) is 15.0 Å². The third kappa shape index (κ3) is 4.25. The molecule has 0 saturated heterocycles. The van der Waals surface area contributed by atoms with Crippen LogP contribution in [-0.2, 0) is 19.6 Å². The molecule has 34 heavy (non-hydrogen) atoms. The molecule has 0 aliphatic heterocycles. The lowest BCUT2D eigenvalue weighted by Gasteiger charge is -2.11. The summed E-state index contributed by atoms with van der Waals surface area (Å²) < 4.78 is 2.10. The fourth-order valence-electron chi connectivity index (χ4n) is 4.41. The van der Waals surface area contributed by atoms with Gasteiger partial charge >= 0.3 is 0 Å². The number of aryl methyl sites for hydroxylation is 2. The number of fused-ring (bicyclic) bond motifs is 2. The van der Waals surface area contributed by atoms with Gasteiger partial charge in [0.05, 0.1) is 15.9 Å². The molecule has 5 N–H and O–H groups in total. The van der Waals surface area contributed by atoms with E-state index in [0.29, 0.717) is 36.3 Å². The van der Waals surface area contributed by atoms with E-state index < -0.39 is 0 Å². The summed E-state index contributed by atoms with van der Waals surface area (Å²) >= 11 is 6.13. The Bertz CT molecular complexity index is 1500. The number of hydrogen-bond donors (Lipinski definition) is 3. The van der Waals surface area contributed by atoms with Gasteiger partial charge in [0, 0.05) is 43.1 Å². The first kappa shape index (κ1) is 22.1. The maximum atomic E-state index is 6.26. The molecule has 0 saturated carbocycles. The first-order chi connectivity index (χ1) is 16.4. The molecule has 172 valence electrons. The van der Waals surface area contributed by atoms with Crippen LogP contribution in [0.5, 0.6) is 0 Å². The predicted molar refractivity (Wildman–Crippen MR) is 136 cm³/mol. The number of nitrogen functional groups attached to an aromatic ring is 2. The number of aromatic nitrogens is 5. The standard InChI is InChI=1S/C25H25ClN8/c1-14-5-22(27)33-15(2)20(14)10-29-8-18-12-34(25-23(18)24(28)31-13-32-25)11-16-3-4-21-17(6-16)7-19(26)9-30-21/h3-7,9,12-13,29H,8,10-11H2,1-2H3,(H2,27,33)(H2,28,31,32). The summed E-state index contributed by atoms with van der Waals surface area (Å²) in [6.07, 6.45) is 5.25. The molecule has 5 rings (SSSR count). The number of nitrogens with zero attached hydrogens (tertiary/aromatic N) is 5. The molecule has 4 aromatic heterocycles. The third-order valence-corrected chi connectivity index (χ3v) is 6.22. The minimum absolute atomic E-state index is 0.469. The van der Waals surface area contributed by atoms with Crippen LogP contribution in [0.3, 0.4) is 0 Å². The van der Waals surface area contributed by atoms with E-state index >= 15 is 0 Å². The molecule has 8 nitrogen and oxygen atoms in total. The van der Waals surface area contributed by atoms with Gasteiger partial charge in [0.25, 0.3) is 0 Å². The van der Waals surface area contributed by atoms with E-state index in [9.17, 15) is 0 Å². The minimum Gasteiger partial charge on any atom is -0.384 e. The maximum Gasteiger partial charge on any atom is 0.146 e. The van der Waals surface area contributed by atoms with Crippen molar-refractivity contribution in [2.75, 3.05) is 11.5 Å². The highest BCUT2D eigenvalue weighted by atomic mass is 35.5. The number of anilines is 2. The zero-order valence-electron chi connectivity index (χ0n) is 19.0. The average molecular weight is 473 g/mol. The summed E-state index contributed by atoms with van der Waals surface area (Å²) in [6, 6.07) is 9.99. The Labute approximate surface area is 202 Å². The largest absolute Gasteiger partial charge is 0.384 e. The number of rotatable bonds is 6. The van der Waals surface area contributed by atoms with Crippen LogP contribution in [0.1, 0.15) is 27.9 Å². The van der Waals surface area contributed by atoms with Gasteiger partial charge in [0.1, 0.15) is 23.6 Å². The van der Waals surface area contributed by atoms with Crippen molar-refractivity contribution in [2.45, 2.75) is 33.5 Å². The summed E-state index contributed by atoms with van der Waals surface area (Å²) in [7, 11) is 0. The summed E-state index contributed by atoms with van der Waals surface area (Å²) in [5.41, 5.74) is 19.2. The highest BCUT2D eigenvalue weighted by Gasteiger charge is 2.14. The van der Waals surface area contributed by atoms with Crippen LogP contribution >= 0.6 is 11.6 Å². The number of nitrogens with two attached hydrogens (primary N) is 2. The molecule has 0 amide bonds. The van der Waals surface area contributed by atoms with Crippen molar-refractivity contribution in [2.24, 2.45) is 0 Å². The van der Waals surface area contributed by atoms with Gasteiger partial charge < -0.3 is 21.4 Å². The summed E-state index contributed by atoms with van der Waals surface area (Å²) in [5.74, 6) is 1.01. The van der Waals surface area contributed by atoms with Crippen molar-refractivity contribution in [1.82, 2.24) is 29.8 Å². The zero-order valence-corrected chi connectivity index (χ0v) is 19.8. The van der Waals surface area contributed by atoms with E-state index in [-0.39, 0.29) is 0 Å². The molecule has 1 aromatic carbocycles. The Morgan fingerprint density at radius 3 is 2.71 bits per heavy atom. The summed E-state index contributed by atoms with van der Waals surface area (Å²) in [5, 5.41) is 6.00. The van der Waals surface area contributed by atoms with E-state index in [1.807, 2.05) is 32.0 Å². The van der Waals surface area contributed by atoms with Gasteiger partial charge in [-0.2, -0.15) is 0 Å². The molecular weight excluding hydrogens is 448 g/mol. The Kier molecular flexibility index (Phi) is 5.77. The van der Waals surface area contributed by atoms with Crippen LogP contribution in [-0.4, -0.2) is 24.5 Å². The molecule has 4 heterocycles. The first-order valence-corrected chi connectivity index (χ1v) is 11.3. The van der Waals surface area contributed by atoms with Crippen molar-refractivity contribution in [3.63, 3.8) is 0 Å². The van der Waals surface area contributed by atoms with Crippen molar-refractivity contribution in [1.29, 1.82) is 0 Å². The maximum absolute atomic E-state index is 6.26. The zero-order chi connectivity index (χ0) is 23.8. The predicted octanol–water partition coefficient (Wildman–Crippen LogP) is 4.15. The molecule has 9 heteroatoms. The van der Waals surface area contributed by atoms with E-state index in [0.717, 1.165) is 49.9 Å². The SMILES string of the molecule is Cc1cc(N)nc(C)c1CNCc1cn(Cc2ccc3ncc(Cl)cc3c2)c2ncnc(N)c12. The second kappa shape index (κ2) is 8.89. The van der Waals surface area contributed by atoms with Crippen molar-refractivity contribution < 1.29 is 0 Å². The van der Waals surface area contributed by atoms with E-state index in [1.165, 1.54) is 6.33 Å². The Hall–Kier alpha value is -3.75. The van der Waals surface area contributed by atoms with Crippen molar-refractivity contribution in [3.8, 4) is 0 Å². The third-order valence-electron chi connectivity index (χ3n) is 6.02. The number of pyridine rings is 2. The highest BCUT2D eigenvalue weighted by Crippen LogP contribution is 2.26. The van der Waals surface area contributed by atoms with Crippen LogP contribution < -0.4 is 16.8 Å². The fraction of sp³-hybridized carbons (Fsp3) is 0.200. The highest BCUT2D eigenvalue weighted by molar-refractivity contribution is 6.31. The van der Waals surface area contributed by atoms with Crippen LogP contribution in [0.15, 0.2) is 49.1 Å². The lowest BCUT2D eigenvalue weighted by Crippen LogP contribution is -2.15. The molecule has 0 aliphatic rings. The summed E-state index contributed by atoms with van der Waals surface area (Å²) in [6.45, 7) is 5.94.